The first kappa shape index (κ1) is 24.2. The zero-order chi connectivity index (χ0) is 24.1. The summed E-state index contributed by atoms with van der Waals surface area (Å²) in [5, 5.41) is 16.0. The zero-order valence-electron chi connectivity index (χ0n) is 17.0. The Labute approximate surface area is 199 Å². The molecule has 2 aromatic carbocycles. The van der Waals surface area contributed by atoms with Crippen molar-refractivity contribution in [2.45, 2.75) is 36.6 Å². The molecule has 0 aromatic heterocycles. The first-order chi connectivity index (χ1) is 15.4. The van der Waals surface area contributed by atoms with E-state index >= 15 is 0 Å². The van der Waals surface area contributed by atoms with Crippen molar-refractivity contribution in [3.63, 3.8) is 0 Å². The van der Waals surface area contributed by atoms with Crippen molar-refractivity contribution in [2.75, 3.05) is 5.75 Å². The molecule has 4 atom stereocenters. The number of carbonyl (C=O) groups is 1. The van der Waals surface area contributed by atoms with Gasteiger partial charge in [0.2, 0.25) is 5.44 Å². The monoisotopic (exact) mass is 520 g/mol. The van der Waals surface area contributed by atoms with Crippen LogP contribution in [0.5, 0.6) is 0 Å². The molecule has 0 aliphatic carbocycles. The number of aryl methyl sites for hydroxylation is 1. The van der Waals surface area contributed by atoms with Crippen LogP contribution in [0.4, 0.5) is 13.2 Å². The second-order valence-electron chi connectivity index (χ2n) is 7.84. The van der Waals surface area contributed by atoms with E-state index in [2.05, 4.69) is 10.5 Å². The van der Waals surface area contributed by atoms with Crippen molar-refractivity contribution < 1.29 is 32.5 Å². The number of halogens is 5. The highest BCUT2D eigenvalue weighted by molar-refractivity contribution is 7.93. The van der Waals surface area contributed by atoms with Crippen molar-refractivity contribution in [3.8, 4) is 0 Å². The molecule has 2 heterocycles. The van der Waals surface area contributed by atoms with Gasteiger partial charge in [-0.2, -0.15) is 13.2 Å². The van der Waals surface area contributed by atoms with Crippen molar-refractivity contribution in [1.29, 1.82) is 0 Å². The van der Waals surface area contributed by atoms with Crippen LogP contribution in [-0.4, -0.2) is 44.7 Å². The van der Waals surface area contributed by atoms with Gasteiger partial charge in [0.25, 0.3) is 11.5 Å². The Bertz CT molecular complexity index is 1130. The van der Waals surface area contributed by atoms with Gasteiger partial charge in [-0.05, 0) is 59.6 Å². The minimum atomic E-state index is -4.81. The van der Waals surface area contributed by atoms with Crippen LogP contribution < -0.4 is 5.32 Å². The average Bonchev–Trinajstić information content (AvgIpc) is 3.19. The van der Waals surface area contributed by atoms with E-state index in [0.717, 1.165) is 12.1 Å². The van der Waals surface area contributed by atoms with Crippen LogP contribution in [0.2, 0.25) is 10.0 Å². The molecule has 0 spiro atoms. The van der Waals surface area contributed by atoms with E-state index in [1.54, 1.807) is 6.92 Å². The number of benzene rings is 2. The molecule has 4 rings (SSSR count). The van der Waals surface area contributed by atoms with Gasteiger partial charge < -0.3 is 19.8 Å². The number of hydrogen-bond acceptors (Lipinski definition) is 5. The molecule has 2 unspecified atom stereocenters. The van der Waals surface area contributed by atoms with E-state index in [9.17, 15) is 27.6 Å². The van der Waals surface area contributed by atoms with Gasteiger partial charge in [0.15, 0.2) is 0 Å². The lowest BCUT2D eigenvalue weighted by atomic mass is 9.86. The SMILES string of the molecule is Cc1cc(C2=NOC(c3cc(Cl)cc(Cl)c3)(C(F)(F)F)C2)ccc1C(=O)N[C@@H]1C[S+]([O-])[C@H]1O. The highest BCUT2D eigenvalue weighted by Gasteiger charge is 2.62. The molecular weight excluding hydrogens is 504 g/mol. The van der Waals surface area contributed by atoms with Crippen molar-refractivity contribution >= 4 is 46.0 Å². The van der Waals surface area contributed by atoms with Crippen molar-refractivity contribution in [2.24, 2.45) is 5.16 Å². The van der Waals surface area contributed by atoms with Crippen LogP contribution in [0.1, 0.15) is 33.5 Å². The van der Waals surface area contributed by atoms with Gasteiger partial charge in [-0.25, -0.2) is 0 Å². The number of carbonyl (C=O) groups excluding carboxylic acids is 1. The van der Waals surface area contributed by atoms with E-state index in [1.165, 1.54) is 24.3 Å². The summed E-state index contributed by atoms with van der Waals surface area (Å²) in [6.45, 7) is 1.62. The zero-order valence-corrected chi connectivity index (χ0v) is 19.3. The molecule has 2 aliphatic rings. The quantitative estimate of drug-likeness (QED) is 0.594. The molecular formula is C21H17Cl2F3N2O4S. The lowest BCUT2D eigenvalue weighted by Crippen LogP contribution is -2.60. The molecule has 6 nitrogen and oxygen atoms in total. The number of aliphatic hydroxyl groups excluding tert-OH is 1. The predicted molar refractivity (Wildman–Crippen MR) is 118 cm³/mol. The molecule has 176 valence electrons. The van der Waals surface area contributed by atoms with Gasteiger partial charge in [0, 0.05) is 27.6 Å². The summed E-state index contributed by atoms with van der Waals surface area (Å²) in [6.07, 6.45) is -5.43. The van der Waals surface area contributed by atoms with Gasteiger partial charge in [-0.1, -0.05) is 34.4 Å². The number of amides is 1. The summed E-state index contributed by atoms with van der Waals surface area (Å²) in [6, 6.07) is 7.44. The molecule has 12 heteroatoms. The second-order valence-corrected chi connectivity index (χ2v) is 10.3. The largest absolute Gasteiger partial charge is 0.614 e. The maximum Gasteiger partial charge on any atom is 0.435 e. The minimum absolute atomic E-state index is 0.0322. The molecule has 2 aromatic rings. The van der Waals surface area contributed by atoms with E-state index in [-0.39, 0.29) is 32.6 Å². The third-order valence-electron chi connectivity index (χ3n) is 5.59. The summed E-state index contributed by atoms with van der Waals surface area (Å²) in [5.41, 5.74) is -2.98. The summed E-state index contributed by atoms with van der Waals surface area (Å²) in [7, 11) is 0. The van der Waals surface area contributed by atoms with E-state index in [1.807, 2.05) is 0 Å². The Morgan fingerprint density at radius 2 is 1.94 bits per heavy atom. The van der Waals surface area contributed by atoms with Crippen LogP contribution in [0.15, 0.2) is 41.6 Å². The third kappa shape index (κ3) is 4.42. The van der Waals surface area contributed by atoms with E-state index in [4.69, 9.17) is 28.0 Å². The lowest BCUT2D eigenvalue weighted by Gasteiger charge is -2.34. The van der Waals surface area contributed by atoms with Crippen LogP contribution in [-0.2, 0) is 21.6 Å². The molecule has 1 saturated heterocycles. The fraction of sp³-hybridized carbons (Fsp3) is 0.333. The highest BCUT2D eigenvalue weighted by atomic mass is 35.5. The Hall–Kier alpha value is -1.98. The molecule has 2 N–H and O–H groups in total. The van der Waals surface area contributed by atoms with Crippen LogP contribution >= 0.6 is 23.2 Å². The second kappa shape index (κ2) is 8.66. The highest BCUT2D eigenvalue weighted by Crippen LogP contribution is 2.49. The van der Waals surface area contributed by atoms with Crippen LogP contribution in [0.3, 0.4) is 0 Å². The molecule has 0 saturated carbocycles. The van der Waals surface area contributed by atoms with Gasteiger partial charge in [0.05, 0.1) is 5.71 Å². The van der Waals surface area contributed by atoms with Crippen LogP contribution in [0.25, 0.3) is 0 Å². The predicted octanol–water partition coefficient (Wildman–Crippen LogP) is 4.06. The Kier molecular flexibility index (Phi) is 6.34. The fourth-order valence-corrected chi connectivity index (χ4v) is 5.24. The van der Waals surface area contributed by atoms with E-state index in [0.29, 0.717) is 11.1 Å². The standard InChI is InChI=1S/C21H17Cl2F3N2O4S/c1-10-4-11(2-3-15(10)18(29)27-17-9-33(31)19(17)30)16-8-20(32-28-16,21(24,25)26)12-5-13(22)7-14(23)6-12/h2-7,17,19,30H,8-9H2,1H3,(H,27,29)/t17-,19-,20?,33?/m1/s1. The number of nitrogens with zero attached hydrogens (tertiary/aromatic N) is 1. The normalized spacial score (nSPS) is 26.9. The number of alkyl halides is 3. The minimum Gasteiger partial charge on any atom is -0.614 e. The van der Waals surface area contributed by atoms with Gasteiger partial charge in [-0.15, -0.1) is 0 Å². The first-order valence-corrected chi connectivity index (χ1v) is 11.8. The Balaban J connectivity index is 1.57. The summed E-state index contributed by atoms with van der Waals surface area (Å²) >= 11 is 10.4. The van der Waals surface area contributed by atoms with Crippen molar-refractivity contribution in [1.82, 2.24) is 5.32 Å². The van der Waals surface area contributed by atoms with Crippen LogP contribution in [0, 0.1) is 6.92 Å². The summed E-state index contributed by atoms with van der Waals surface area (Å²) in [5.74, 6) is -0.326. The number of oxime groups is 1. The number of rotatable bonds is 4. The lowest BCUT2D eigenvalue weighted by molar-refractivity contribution is -0.275. The molecule has 0 bridgehead atoms. The Morgan fingerprint density at radius 3 is 2.48 bits per heavy atom. The van der Waals surface area contributed by atoms with Gasteiger partial charge in [0.1, 0.15) is 11.8 Å². The van der Waals surface area contributed by atoms with Crippen molar-refractivity contribution in [3.05, 3.63) is 68.7 Å². The number of nitrogens with one attached hydrogen (secondary N) is 1. The summed E-state index contributed by atoms with van der Waals surface area (Å²) in [4.78, 5) is 17.5. The maximum atomic E-state index is 14.1. The van der Waals surface area contributed by atoms with Gasteiger partial charge in [-0.3, -0.25) is 4.79 Å². The third-order valence-corrected chi connectivity index (χ3v) is 7.58. The molecule has 1 fully saturated rings. The smallest absolute Gasteiger partial charge is 0.435 e. The Morgan fingerprint density at radius 1 is 1.27 bits per heavy atom. The average molecular weight is 521 g/mol. The molecule has 1 amide bonds. The molecule has 0 radical (unpaired) electrons. The fourth-order valence-electron chi connectivity index (χ4n) is 3.72. The number of aliphatic hydroxyl groups is 1. The first-order valence-electron chi connectivity index (χ1n) is 9.67. The topological polar surface area (TPSA) is 94.0 Å². The number of hydrogen-bond donors (Lipinski definition) is 2. The molecule has 33 heavy (non-hydrogen) atoms. The summed E-state index contributed by atoms with van der Waals surface area (Å²) < 4.78 is 53.7. The maximum absolute atomic E-state index is 14.1. The van der Waals surface area contributed by atoms with E-state index < -0.39 is 46.8 Å². The van der Waals surface area contributed by atoms with Gasteiger partial charge >= 0.3 is 6.18 Å². The molecule has 2 aliphatic heterocycles.